The number of fused-ring (bicyclic) bond motifs is 1. The monoisotopic (exact) mass is 340 g/mol. The minimum Gasteiger partial charge on any atom is -0.504 e. The molecule has 4 heterocycles. The van der Waals surface area contributed by atoms with Gasteiger partial charge in [0.25, 0.3) is 6.01 Å². The van der Waals surface area contributed by atoms with Crippen molar-refractivity contribution >= 4 is 22.9 Å². The molecule has 5 rings (SSSR count). The third kappa shape index (κ3) is 1.97. The maximum absolute atomic E-state index is 14.4. The molecule has 0 bridgehead atoms. The van der Waals surface area contributed by atoms with Gasteiger partial charge in [-0.3, -0.25) is 0 Å². The molecule has 25 heavy (non-hydrogen) atoms. The fourth-order valence-corrected chi connectivity index (χ4v) is 3.45. The lowest BCUT2D eigenvalue weighted by atomic mass is 10.0. The summed E-state index contributed by atoms with van der Waals surface area (Å²) in [6, 6.07) is 2.96. The van der Waals surface area contributed by atoms with Gasteiger partial charge in [0.2, 0.25) is 0 Å². The largest absolute Gasteiger partial charge is 0.504 e. The van der Waals surface area contributed by atoms with Gasteiger partial charge in [0.05, 0.1) is 11.3 Å². The first-order chi connectivity index (χ1) is 12.1. The molecule has 3 N–H and O–H groups in total. The lowest BCUT2D eigenvalue weighted by Crippen LogP contribution is -2.32. The van der Waals surface area contributed by atoms with Crippen LogP contribution in [-0.4, -0.2) is 34.0 Å². The molecule has 0 aliphatic carbocycles. The number of nitrogens with zero attached hydrogens (tertiary/aromatic N) is 3. The quantitative estimate of drug-likeness (QED) is 0.828. The highest BCUT2D eigenvalue weighted by Gasteiger charge is 2.34. The Kier molecular flexibility index (Phi) is 2.74. The number of hydrogen-bond acceptors (Lipinski definition) is 7. The highest BCUT2D eigenvalue weighted by molar-refractivity contribution is 6.04. The normalized spacial score (nSPS) is 19.2. The van der Waals surface area contributed by atoms with E-state index in [1.54, 1.807) is 12.3 Å². The highest BCUT2D eigenvalue weighted by Crippen LogP contribution is 2.38. The number of oxazole rings is 1. The summed E-state index contributed by atoms with van der Waals surface area (Å²) >= 11 is 0. The molecular formula is C17H13FN4O3. The Hall–Kier alpha value is -3.29. The van der Waals surface area contributed by atoms with Crippen molar-refractivity contribution in [2.24, 2.45) is 4.99 Å². The van der Waals surface area contributed by atoms with Crippen molar-refractivity contribution < 1.29 is 18.7 Å². The molecule has 0 atom stereocenters. The third-order valence-electron chi connectivity index (χ3n) is 4.52. The average Bonchev–Trinajstić information content (AvgIpc) is 3.13. The van der Waals surface area contributed by atoms with E-state index >= 15 is 0 Å². The zero-order valence-corrected chi connectivity index (χ0v) is 13.0. The molecule has 0 spiro atoms. The Labute approximate surface area is 141 Å². The van der Waals surface area contributed by atoms with Crippen LogP contribution in [0.3, 0.4) is 0 Å². The molecule has 3 aliphatic heterocycles. The van der Waals surface area contributed by atoms with Crippen LogP contribution in [0.1, 0.15) is 12.0 Å². The molecule has 8 heteroatoms. The van der Waals surface area contributed by atoms with Crippen LogP contribution in [0.25, 0.3) is 11.1 Å². The first-order valence-electron chi connectivity index (χ1n) is 7.77. The van der Waals surface area contributed by atoms with Crippen molar-refractivity contribution in [2.75, 3.05) is 18.9 Å². The van der Waals surface area contributed by atoms with Crippen molar-refractivity contribution in [1.82, 2.24) is 9.88 Å². The topological polar surface area (TPSA) is 97.1 Å². The number of nitrogens with two attached hydrogens (primary N) is 1. The predicted molar refractivity (Wildman–Crippen MR) is 88.0 cm³/mol. The van der Waals surface area contributed by atoms with Crippen LogP contribution in [0, 0.1) is 5.82 Å². The van der Waals surface area contributed by atoms with Gasteiger partial charge in [0, 0.05) is 18.3 Å². The molecule has 1 aromatic carbocycles. The molecule has 0 saturated heterocycles. The number of rotatable bonds is 1. The van der Waals surface area contributed by atoms with Gasteiger partial charge in [-0.25, -0.2) is 9.38 Å². The van der Waals surface area contributed by atoms with Crippen LogP contribution in [0.5, 0.6) is 0 Å². The average molecular weight is 340 g/mol. The third-order valence-corrected chi connectivity index (χ3v) is 4.52. The number of nitrogen functional groups attached to an aromatic ring is 1. The van der Waals surface area contributed by atoms with Gasteiger partial charge in [-0.1, -0.05) is 0 Å². The van der Waals surface area contributed by atoms with E-state index in [1.807, 2.05) is 4.90 Å². The maximum Gasteiger partial charge on any atom is 0.293 e. The fourth-order valence-electron chi connectivity index (χ4n) is 3.45. The predicted octanol–water partition coefficient (Wildman–Crippen LogP) is 2.58. The number of ether oxygens (including phenoxy) is 1. The number of anilines is 1. The minimum absolute atomic E-state index is 0.0265. The summed E-state index contributed by atoms with van der Waals surface area (Å²) in [5.74, 6) is 0.0750. The van der Waals surface area contributed by atoms with E-state index in [-0.39, 0.29) is 17.4 Å². The summed E-state index contributed by atoms with van der Waals surface area (Å²) in [5.41, 5.74) is 9.01. The molecule has 3 aliphatic rings. The number of aliphatic hydroxyl groups excluding tert-OH is 1. The summed E-state index contributed by atoms with van der Waals surface area (Å²) in [5, 5.41) is 10.1. The van der Waals surface area contributed by atoms with Crippen LogP contribution in [0.4, 0.5) is 10.4 Å². The Morgan fingerprint density at radius 1 is 1.32 bits per heavy atom. The SMILES string of the molecule is Nc1nc2cc(C3=NC=C4C(O)=COCC5=C4N3CC5)cc(F)c2o1. The van der Waals surface area contributed by atoms with Crippen molar-refractivity contribution in [3.63, 3.8) is 0 Å². The lowest BCUT2D eigenvalue weighted by molar-refractivity contribution is 0.259. The number of aliphatic hydroxyl groups is 1. The van der Waals surface area contributed by atoms with Crippen LogP contribution in [-0.2, 0) is 4.74 Å². The van der Waals surface area contributed by atoms with Crippen molar-refractivity contribution in [2.45, 2.75) is 6.42 Å². The molecule has 126 valence electrons. The van der Waals surface area contributed by atoms with E-state index in [9.17, 15) is 9.50 Å². The smallest absolute Gasteiger partial charge is 0.293 e. The van der Waals surface area contributed by atoms with E-state index in [2.05, 4.69) is 9.98 Å². The first kappa shape index (κ1) is 14.1. The summed E-state index contributed by atoms with van der Waals surface area (Å²) in [7, 11) is 0. The van der Waals surface area contributed by atoms with Crippen LogP contribution in [0.15, 0.2) is 56.6 Å². The second kappa shape index (κ2) is 4.85. The summed E-state index contributed by atoms with van der Waals surface area (Å²) in [6.45, 7) is 1.09. The van der Waals surface area contributed by atoms with Gasteiger partial charge in [-0.15, -0.1) is 0 Å². The van der Waals surface area contributed by atoms with Gasteiger partial charge in [-0.05, 0) is 24.1 Å². The van der Waals surface area contributed by atoms with E-state index in [0.717, 1.165) is 17.7 Å². The van der Waals surface area contributed by atoms with Crippen LogP contribution in [0.2, 0.25) is 0 Å². The summed E-state index contributed by atoms with van der Waals surface area (Å²) < 4.78 is 24.8. The van der Waals surface area contributed by atoms with Gasteiger partial charge < -0.3 is 24.9 Å². The van der Waals surface area contributed by atoms with Gasteiger partial charge in [0.15, 0.2) is 17.2 Å². The van der Waals surface area contributed by atoms with E-state index in [0.29, 0.717) is 35.6 Å². The number of hydrogen-bond donors (Lipinski definition) is 2. The molecule has 7 nitrogen and oxygen atoms in total. The van der Waals surface area contributed by atoms with Crippen molar-refractivity contribution in [1.29, 1.82) is 0 Å². The van der Waals surface area contributed by atoms with Gasteiger partial charge in [-0.2, -0.15) is 4.98 Å². The Balaban J connectivity index is 1.68. The number of aliphatic imine (C=N–C) groups is 1. The number of halogens is 1. The zero-order chi connectivity index (χ0) is 17.1. The molecule has 0 radical (unpaired) electrons. The summed E-state index contributed by atoms with van der Waals surface area (Å²) in [6.07, 6.45) is 3.69. The zero-order valence-electron chi connectivity index (χ0n) is 13.0. The second-order valence-corrected chi connectivity index (χ2v) is 6.02. The highest BCUT2D eigenvalue weighted by atomic mass is 19.1. The number of aromatic nitrogens is 1. The molecular weight excluding hydrogens is 327 g/mol. The van der Waals surface area contributed by atoms with Crippen molar-refractivity contribution in [3.8, 4) is 0 Å². The van der Waals surface area contributed by atoms with Gasteiger partial charge in [0.1, 0.15) is 24.2 Å². The molecule has 0 unspecified atom stereocenters. The van der Waals surface area contributed by atoms with E-state index in [1.165, 1.54) is 12.3 Å². The number of amidine groups is 1. The Morgan fingerprint density at radius 2 is 2.20 bits per heavy atom. The number of benzene rings is 1. The Bertz CT molecular complexity index is 1050. The molecule has 2 aromatic rings. The summed E-state index contributed by atoms with van der Waals surface area (Å²) in [4.78, 5) is 10.4. The van der Waals surface area contributed by atoms with E-state index < -0.39 is 5.82 Å². The van der Waals surface area contributed by atoms with Crippen LogP contribution < -0.4 is 5.73 Å². The molecule has 0 saturated carbocycles. The maximum atomic E-state index is 14.4. The first-order valence-corrected chi connectivity index (χ1v) is 7.77. The molecule has 0 amide bonds. The fraction of sp³-hybridized carbons (Fsp3) is 0.176. The van der Waals surface area contributed by atoms with E-state index in [4.69, 9.17) is 14.9 Å². The van der Waals surface area contributed by atoms with Crippen LogP contribution >= 0.6 is 0 Å². The van der Waals surface area contributed by atoms with Gasteiger partial charge >= 0.3 is 0 Å². The minimum atomic E-state index is -0.547. The lowest BCUT2D eigenvalue weighted by Gasteiger charge is -2.28. The molecule has 0 fully saturated rings. The molecule has 1 aromatic heterocycles. The second-order valence-electron chi connectivity index (χ2n) is 6.02. The standard InChI is InChI=1S/C17H13FN4O3/c18-11-3-9(4-12-15(11)25-17(19)21-12)16-20-5-10-13(23)7-24-6-8-1-2-22(16)14(8)10/h3-5,7,23H,1-2,6H2,(H2,19,21). The Morgan fingerprint density at radius 3 is 3.08 bits per heavy atom. The van der Waals surface area contributed by atoms with Crippen molar-refractivity contribution in [3.05, 3.63) is 58.6 Å².